The largest absolute Gasteiger partial charge is 0.446 e. The zero-order chi connectivity index (χ0) is 28.5. The van der Waals surface area contributed by atoms with Crippen molar-refractivity contribution in [3.63, 3.8) is 0 Å². The third kappa shape index (κ3) is 7.43. The van der Waals surface area contributed by atoms with Crippen molar-refractivity contribution in [3.05, 3.63) is 40.5 Å². The van der Waals surface area contributed by atoms with Crippen LogP contribution in [0.1, 0.15) is 62.5 Å². The second-order valence-electron chi connectivity index (χ2n) is 11.0. The van der Waals surface area contributed by atoms with Crippen LogP contribution in [0.15, 0.2) is 23.5 Å². The lowest BCUT2D eigenvalue weighted by Gasteiger charge is -2.29. The van der Waals surface area contributed by atoms with Gasteiger partial charge in [0.25, 0.3) is 0 Å². The maximum Gasteiger partial charge on any atom is 0.407 e. The summed E-state index contributed by atoms with van der Waals surface area (Å²) in [6.45, 7) is 1.78. The summed E-state index contributed by atoms with van der Waals surface area (Å²) in [5.41, 5.74) is 0.472. The van der Waals surface area contributed by atoms with Gasteiger partial charge in [-0.05, 0) is 86.5 Å². The fourth-order valence-electron chi connectivity index (χ4n) is 5.32. The summed E-state index contributed by atoms with van der Waals surface area (Å²) in [6.07, 6.45) is 0.246. The molecule has 2 N–H and O–H groups in total. The molecule has 1 unspecified atom stereocenters. The van der Waals surface area contributed by atoms with Gasteiger partial charge in [-0.25, -0.2) is 18.8 Å². The third-order valence-electron chi connectivity index (χ3n) is 7.64. The number of hydrogen-bond acceptors (Lipinski definition) is 6. The molecule has 11 heteroatoms. The summed E-state index contributed by atoms with van der Waals surface area (Å²) in [4.78, 5) is 37.0. The van der Waals surface area contributed by atoms with Gasteiger partial charge in [0.05, 0.1) is 11.7 Å². The van der Waals surface area contributed by atoms with Crippen LogP contribution in [0.3, 0.4) is 0 Å². The topological polar surface area (TPSA) is 87.7 Å². The molecule has 0 radical (unpaired) electrons. The van der Waals surface area contributed by atoms with E-state index in [0.29, 0.717) is 23.0 Å². The molecule has 1 aromatic rings. The summed E-state index contributed by atoms with van der Waals surface area (Å²) in [5.74, 6) is 2.46. The first kappa shape index (κ1) is 28.7. The Kier molecular flexibility index (Phi) is 8.42. The van der Waals surface area contributed by atoms with E-state index in [4.69, 9.17) is 4.74 Å². The molecule has 0 aromatic heterocycles. The van der Waals surface area contributed by atoms with Crippen molar-refractivity contribution < 1.29 is 36.7 Å². The van der Waals surface area contributed by atoms with Crippen molar-refractivity contribution in [2.75, 3.05) is 18.9 Å². The molecule has 1 aromatic carbocycles. The summed E-state index contributed by atoms with van der Waals surface area (Å²) in [5, 5.41) is 5.66. The number of halogens is 4. The third-order valence-corrected chi connectivity index (χ3v) is 7.64. The second kappa shape index (κ2) is 11.4. The predicted molar refractivity (Wildman–Crippen MR) is 136 cm³/mol. The van der Waals surface area contributed by atoms with E-state index in [9.17, 15) is 27.6 Å². The lowest BCUT2D eigenvalue weighted by molar-refractivity contribution is -0.139. The molecule has 39 heavy (non-hydrogen) atoms. The highest BCUT2D eigenvalue weighted by molar-refractivity contribution is 5.72. The summed E-state index contributed by atoms with van der Waals surface area (Å²) >= 11 is 0. The molecule has 0 spiro atoms. The van der Waals surface area contributed by atoms with Gasteiger partial charge in [0.2, 0.25) is 0 Å². The van der Waals surface area contributed by atoms with Crippen LogP contribution < -0.4 is 10.6 Å². The summed E-state index contributed by atoms with van der Waals surface area (Å²) in [6, 6.07) is 1.83. The first-order valence-electron chi connectivity index (χ1n) is 13.2. The Balaban J connectivity index is 1.56. The van der Waals surface area contributed by atoms with E-state index < -0.39 is 36.6 Å². The van der Waals surface area contributed by atoms with Crippen molar-refractivity contribution in [2.45, 2.75) is 76.6 Å². The van der Waals surface area contributed by atoms with Crippen molar-refractivity contribution in [2.24, 2.45) is 17.8 Å². The maximum absolute atomic E-state index is 15.4. The smallest absolute Gasteiger partial charge is 0.407 e. The highest BCUT2D eigenvalue weighted by Crippen LogP contribution is 2.51. The molecule has 2 atom stereocenters. The molecular weight excluding hydrogens is 518 g/mol. The Morgan fingerprint density at radius 1 is 1.10 bits per heavy atom. The number of carbonyl (C=O) groups is 1. The molecule has 7 nitrogen and oxygen atoms in total. The number of aryl methyl sites for hydroxylation is 1. The lowest BCUT2D eigenvalue weighted by atomic mass is 9.87. The van der Waals surface area contributed by atoms with Gasteiger partial charge in [-0.15, -0.1) is 0 Å². The van der Waals surface area contributed by atoms with E-state index in [2.05, 4.69) is 10.6 Å². The molecule has 0 saturated heterocycles. The van der Waals surface area contributed by atoms with Crippen LogP contribution in [-0.4, -0.2) is 54.8 Å². The van der Waals surface area contributed by atoms with Gasteiger partial charge in [0.1, 0.15) is 41.7 Å². The average Bonchev–Trinajstić information content (AvgIpc) is 3.68. The first-order chi connectivity index (χ1) is 18.4. The van der Waals surface area contributed by atoms with Gasteiger partial charge in [-0.1, -0.05) is 6.92 Å². The van der Waals surface area contributed by atoms with Gasteiger partial charge >= 0.3 is 12.3 Å². The Morgan fingerprint density at radius 2 is 1.72 bits per heavy atom. The molecule has 0 heterocycles. The van der Waals surface area contributed by atoms with Crippen LogP contribution in [-0.2, 0) is 14.3 Å². The molecule has 0 bridgehead atoms. The molecule has 3 fully saturated rings. The number of hydrogen-bond donors (Lipinski definition) is 2. The van der Waals surface area contributed by atoms with E-state index in [0.717, 1.165) is 56.5 Å². The molecule has 3 aliphatic rings. The Hall–Kier alpha value is -3.29. The van der Waals surface area contributed by atoms with Gasteiger partial charge in [-0.2, -0.15) is 13.2 Å². The number of likely N-dealkylation sites (N-methyl/N-ethyl adjacent to an activating group) is 1. The maximum atomic E-state index is 15.4. The number of rotatable bonds is 12. The van der Waals surface area contributed by atoms with E-state index in [1.54, 1.807) is 12.9 Å². The molecule has 1 amide bonds. The number of nitrogens with one attached hydrogen (secondary N) is 2. The van der Waals surface area contributed by atoms with E-state index in [1.165, 1.54) is 13.0 Å². The molecule has 3 saturated carbocycles. The number of ether oxygens (including phenoxy) is 1. The quantitative estimate of drug-likeness (QED) is 0.272. The number of alkyl carbamates (subject to hydrolysis) is 1. The summed E-state index contributed by atoms with van der Waals surface area (Å²) in [7, 11) is 1.13. The van der Waals surface area contributed by atoms with Crippen LogP contribution in [0, 0.1) is 30.5 Å². The van der Waals surface area contributed by atoms with Crippen molar-refractivity contribution in [3.8, 4) is 0 Å². The van der Waals surface area contributed by atoms with Crippen LogP contribution in [0.2, 0.25) is 0 Å². The Bertz CT molecular complexity index is 1180. The minimum atomic E-state index is -4.53. The second-order valence-corrected chi connectivity index (χ2v) is 11.0. The van der Waals surface area contributed by atoms with E-state index in [-0.39, 0.29) is 29.1 Å². The minimum absolute atomic E-state index is 0.00591. The highest BCUT2D eigenvalue weighted by atomic mass is 19.4. The predicted octanol–water partition coefficient (Wildman–Crippen LogP) is 5.27. The van der Waals surface area contributed by atoms with E-state index in [1.807, 2.05) is 5.94 Å². The number of anilines is 1. The zero-order valence-corrected chi connectivity index (χ0v) is 22.2. The minimum Gasteiger partial charge on any atom is -0.446 e. The molecule has 212 valence electrons. The zero-order valence-electron chi connectivity index (χ0n) is 22.2. The lowest BCUT2D eigenvalue weighted by Crippen LogP contribution is -2.45. The van der Waals surface area contributed by atoms with Crippen molar-refractivity contribution in [1.82, 2.24) is 10.2 Å². The monoisotopic (exact) mass is 551 g/mol. The SMILES string of the molecule is Cc1cc(NC(=C=O)[C@@H](NC(=O)OC2CC2)C(C2CC2)C2CC2)c(F)cc1C(C)C(=C=O)N(C)CC(F)(F)F. The Labute approximate surface area is 224 Å². The molecule has 0 aliphatic heterocycles. The van der Waals surface area contributed by atoms with Crippen LogP contribution in [0.25, 0.3) is 0 Å². The fourth-order valence-corrected chi connectivity index (χ4v) is 5.32. The van der Waals surface area contributed by atoms with Crippen LogP contribution in [0.5, 0.6) is 0 Å². The number of carbonyl (C=O) groups excluding carboxylic acids is 3. The van der Waals surface area contributed by atoms with Gasteiger partial charge < -0.3 is 20.3 Å². The van der Waals surface area contributed by atoms with Gasteiger partial charge in [0, 0.05) is 13.0 Å². The summed E-state index contributed by atoms with van der Waals surface area (Å²) < 4.78 is 59.3. The van der Waals surface area contributed by atoms with Crippen LogP contribution >= 0.6 is 0 Å². The van der Waals surface area contributed by atoms with Crippen molar-refractivity contribution >= 4 is 23.7 Å². The number of amides is 1. The number of allylic oxidation sites excluding steroid dienone is 1. The molecule has 3 aliphatic carbocycles. The first-order valence-corrected chi connectivity index (χ1v) is 13.2. The van der Waals surface area contributed by atoms with Gasteiger partial charge in [-0.3, -0.25) is 0 Å². The fraction of sp³-hybridized carbons (Fsp3) is 0.607. The number of alkyl halides is 3. The highest BCUT2D eigenvalue weighted by Gasteiger charge is 2.48. The van der Waals surface area contributed by atoms with Crippen LogP contribution in [0.4, 0.5) is 28.0 Å². The normalized spacial score (nSPS) is 18.5. The standard InChI is InChI=1S/C28H33F4N3O4/c1-15-10-22(21(29)11-20(15)16(2)24(13-37)35(3)14-28(30,31)32)33-23(12-36)26(34-27(38)39-19-8-9-19)25(17-4-5-17)18-6-7-18/h10-11,16-19,25-26,33H,4-9,14H2,1-3H3,(H,34,38)/t16?,26-/m1/s1. The van der Waals surface area contributed by atoms with Gasteiger partial charge in [0.15, 0.2) is 0 Å². The Morgan fingerprint density at radius 3 is 2.21 bits per heavy atom. The molecule has 4 rings (SSSR count). The van der Waals surface area contributed by atoms with Crippen molar-refractivity contribution in [1.29, 1.82) is 0 Å². The number of benzene rings is 1. The van der Waals surface area contributed by atoms with E-state index >= 15 is 4.39 Å². The molecular formula is C28H33F4N3O4. The average molecular weight is 552 g/mol. The number of nitrogens with zero attached hydrogens (tertiary/aromatic N) is 1.